The molecule has 1 aromatic heterocycles. The van der Waals surface area contributed by atoms with Gasteiger partial charge in [0.2, 0.25) is 0 Å². The van der Waals surface area contributed by atoms with Crippen molar-refractivity contribution in [2.45, 2.75) is 18.8 Å². The molecule has 80 valence electrons. The van der Waals surface area contributed by atoms with Gasteiger partial charge in [0.15, 0.2) is 0 Å². The molecule has 0 aliphatic carbocycles. The summed E-state index contributed by atoms with van der Waals surface area (Å²) in [5, 5.41) is 0. The number of rotatable bonds is 5. The van der Waals surface area contributed by atoms with Crippen LogP contribution in [0.25, 0.3) is 0 Å². The van der Waals surface area contributed by atoms with Crippen molar-refractivity contribution in [1.82, 2.24) is 4.98 Å². The molecular formula is C9H15ClN2OS. The molecule has 0 spiro atoms. The van der Waals surface area contributed by atoms with E-state index in [1.165, 1.54) is 0 Å². The van der Waals surface area contributed by atoms with Gasteiger partial charge in [0.05, 0.1) is 11.6 Å². The molecule has 1 atom stereocenters. The highest BCUT2D eigenvalue weighted by Crippen LogP contribution is 2.16. The number of anilines is 1. The smallest absolute Gasteiger partial charge is 0.297 e. The molecule has 0 aliphatic rings. The van der Waals surface area contributed by atoms with E-state index in [1.54, 1.807) is 6.26 Å². The normalized spacial score (nSPS) is 12.9. The average molecular weight is 235 g/mol. The molecule has 0 saturated heterocycles. The zero-order valence-corrected chi connectivity index (χ0v) is 10.2. The van der Waals surface area contributed by atoms with E-state index in [4.69, 9.17) is 16.0 Å². The summed E-state index contributed by atoms with van der Waals surface area (Å²) < 4.78 is 5.31. The van der Waals surface area contributed by atoms with Crippen molar-refractivity contribution < 1.29 is 4.42 Å². The Kier molecular flexibility index (Phi) is 4.62. The largest absolute Gasteiger partial charge is 0.432 e. The first-order valence-corrected chi connectivity index (χ1v) is 6.34. The molecule has 1 heterocycles. The van der Waals surface area contributed by atoms with Crippen molar-refractivity contribution in [1.29, 1.82) is 0 Å². The van der Waals surface area contributed by atoms with Crippen LogP contribution in [0.2, 0.25) is 0 Å². The molecule has 0 aromatic carbocycles. The zero-order valence-electron chi connectivity index (χ0n) is 8.66. The molecule has 3 nitrogen and oxygen atoms in total. The topological polar surface area (TPSA) is 29.3 Å². The van der Waals surface area contributed by atoms with Gasteiger partial charge in [0.25, 0.3) is 6.01 Å². The highest BCUT2D eigenvalue weighted by atomic mass is 35.5. The van der Waals surface area contributed by atoms with Gasteiger partial charge in [0, 0.05) is 18.8 Å². The Hall–Kier alpha value is -0.350. The van der Waals surface area contributed by atoms with Gasteiger partial charge >= 0.3 is 0 Å². The third-order valence-corrected chi connectivity index (χ3v) is 3.14. The summed E-state index contributed by atoms with van der Waals surface area (Å²) in [5.41, 5.74) is 0.782. The summed E-state index contributed by atoms with van der Waals surface area (Å²) in [7, 11) is 1.98. The summed E-state index contributed by atoms with van der Waals surface area (Å²) in [6.07, 6.45) is 3.69. The van der Waals surface area contributed by atoms with Crippen molar-refractivity contribution in [2.24, 2.45) is 0 Å². The number of aromatic nitrogens is 1. The third kappa shape index (κ3) is 2.82. The number of thioether (sulfide) groups is 1. The maximum Gasteiger partial charge on any atom is 0.297 e. The predicted molar refractivity (Wildman–Crippen MR) is 62.3 cm³/mol. The van der Waals surface area contributed by atoms with Crippen LogP contribution in [0.3, 0.4) is 0 Å². The van der Waals surface area contributed by atoms with Gasteiger partial charge in [0.1, 0.15) is 6.26 Å². The zero-order chi connectivity index (χ0) is 10.6. The Balaban J connectivity index is 2.63. The van der Waals surface area contributed by atoms with Crippen LogP contribution >= 0.6 is 23.4 Å². The Morgan fingerprint density at radius 2 is 2.43 bits per heavy atom. The molecule has 0 amide bonds. The summed E-state index contributed by atoms with van der Waals surface area (Å²) >= 11 is 7.45. The maximum atomic E-state index is 5.64. The number of hydrogen-bond acceptors (Lipinski definition) is 4. The van der Waals surface area contributed by atoms with Crippen LogP contribution in [-0.4, -0.2) is 30.1 Å². The van der Waals surface area contributed by atoms with Crippen LogP contribution in [0.5, 0.6) is 0 Å². The van der Waals surface area contributed by atoms with Gasteiger partial charge in [-0.15, -0.1) is 11.6 Å². The minimum Gasteiger partial charge on any atom is -0.432 e. The van der Waals surface area contributed by atoms with Gasteiger partial charge in [-0.3, -0.25) is 0 Å². The number of halogens is 1. The number of alkyl halides is 1. The van der Waals surface area contributed by atoms with Gasteiger partial charge < -0.3 is 9.32 Å². The van der Waals surface area contributed by atoms with Crippen LogP contribution in [0, 0.1) is 0 Å². The summed E-state index contributed by atoms with van der Waals surface area (Å²) in [6, 6.07) is 1.05. The minimum absolute atomic E-state index is 0.397. The van der Waals surface area contributed by atoms with Crippen molar-refractivity contribution in [3.8, 4) is 0 Å². The first-order chi connectivity index (χ1) is 6.69. The Morgan fingerprint density at radius 1 is 1.71 bits per heavy atom. The molecule has 5 heteroatoms. The first kappa shape index (κ1) is 11.7. The van der Waals surface area contributed by atoms with Crippen molar-refractivity contribution >= 4 is 29.4 Å². The van der Waals surface area contributed by atoms with Gasteiger partial charge in [-0.05, 0) is 13.2 Å². The van der Waals surface area contributed by atoms with Crippen LogP contribution in [0.4, 0.5) is 6.01 Å². The second kappa shape index (κ2) is 5.51. The average Bonchev–Trinajstić information content (AvgIpc) is 2.65. The second-order valence-corrected chi connectivity index (χ2v) is 4.35. The Labute approximate surface area is 93.8 Å². The van der Waals surface area contributed by atoms with E-state index >= 15 is 0 Å². The molecule has 1 aromatic rings. The molecular weight excluding hydrogens is 220 g/mol. The molecule has 0 radical (unpaired) electrons. The quantitative estimate of drug-likeness (QED) is 0.733. The van der Waals surface area contributed by atoms with E-state index in [2.05, 4.69) is 18.2 Å². The van der Waals surface area contributed by atoms with E-state index in [0.29, 0.717) is 17.9 Å². The lowest BCUT2D eigenvalue weighted by Gasteiger charge is -2.21. The van der Waals surface area contributed by atoms with E-state index in [0.717, 1.165) is 11.4 Å². The van der Waals surface area contributed by atoms with Crippen LogP contribution in [0.15, 0.2) is 10.7 Å². The Morgan fingerprint density at radius 3 is 2.93 bits per heavy atom. The lowest BCUT2D eigenvalue weighted by atomic mass is 10.4. The standard InChI is InChI=1S/C9H15ClN2OS/c1-7(6-14-3)12(2)9-11-8(4-10)5-13-9/h5,7H,4,6H2,1-3H3. The Bertz CT molecular complexity index is 280. The summed E-state index contributed by atoms with van der Waals surface area (Å²) in [6.45, 7) is 2.14. The van der Waals surface area contributed by atoms with Gasteiger partial charge in [-0.1, -0.05) is 0 Å². The molecule has 1 rings (SSSR count). The first-order valence-electron chi connectivity index (χ1n) is 4.41. The predicted octanol–water partition coefficient (Wildman–Crippen LogP) is 2.60. The van der Waals surface area contributed by atoms with Crippen LogP contribution in [0.1, 0.15) is 12.6 Å². The third-order valence-electron chi connectivity index (χ3n) is 2.05. The molecule has 0 aliphatic heterocycles. The molecule has 14 heavy (non-hydrogen) atoms. The highest BCUT2D eigenvalue weighted by molar-refractivity contribution is 7.98. The second-order valence-electron chi connectivity index (χ2n) is 3.17. The maximum absolute atomic E-state index is 5.64. The molecule has 0 bridgehead atoms. The number of hydrogen-bond donors (Lipinski definition) is 0. The minimum atomic E-state index is 0.397. The SMILES string of the molecule is CSCC(C)N(C)c1nc(CCl)co1. The molecule has 0 N–H and O–H groups in total. The number of nitrogens with zero attached hydrogens (tertiary/aromatic N) is 2. The fraction of sp³-hybridized carbons (Fsp3) is 0.667. The fourth-order valence-electron chi connectivity index (χ4n) is 1.06. The van der Waals surface area contributed by atoms with Crippen LogP contribution in [-0.2, 0) is 5.88 Å². The lowest BCUT2D eigenvalue weighted by molar-refractivity contribution is 0.530. The summed E-state index contributed by atoms with van der Waals surface area (Å²) in [5.74, 6) is 1.45. The van der Waals surface area contributed by atoms with Crippen LogP contribution < -0.4 is 4.90 Å². The van der Waals surface area contributed by atoms with Crippen molar-refractivity contribution in [3.05, 3.63) is 12.0 Å². The monoisotopic (exact) mass is 234 g/mol. The van der Waals surface area contributed by atoms with Gasteiger partial charge in [-0.2, -0.15) is 16.7 Å². The summed E-state index contributed by atoms with van der Waals surface area (Å²) in [4.78, 5) is 6.27. The van der Waals surface area contributed by atoms with E-state index in [1.807, 2.05) is 23.7 Å². The highest BCUT2D eigenvalue weighted by Gasteiger charge is 2.14. The fourth-order valence-corrected chi connectivity index (χ4v) is 1.89. The molecule has 1 unspecified atom stereocenters. The van der Waals surface area contributed by atoms with Crippen molar-refractivity contribution in [2.75, 3.05) is 24.0 Å². The lowest BCUT2D eigenvalue weighted by Crippen LogP contribution is -2.31. The molecule has 0 fully saturated rings. The van der Waals surface area contributed by atoms with E-state index < -0.39 is 0 Å². The number of oxazole rings is 1. The van der Waals surface area contributed by atoms with E-state index in [-0.39, 0.29) is 0 Å². The molecule has 0 saturated carbocycles. The van der Waals surface area contributed by atoms with E-state index in [9.17, 15) is 0 Å². The van der Waals surface area contributed by atoms with Crippen molar-refractivity contribution in [3.63, 3.8) is 0 Å². The van der Waals surface area contributed by atoms with Gasteiger partial charge in [-0.25, -0.2) is 0 Å².